The van der Waals surface area contributed by atoms with Gasteiger partial charge in [0.1, 0.15) is 0 Å². The third kappa shape index (κ3) is 3.89. The maximum absolute atomic E-state index is 11.6. The first-order chi connectivity index (χ1) is 15.2. The van der Waals surface area contributed by atoms with E-state index >= 15 is 0 Å². The lowest BCUT2D eigenvalue weighted by Crippen LogP contribution is -2.17. The predicted octanol–water partition coefficient (Wildman–Crippen LogP) is 5.58. The van der Waals surface area contributed by atoms with Crippen LogP contribution in [0.5, 0.6) is 0 Å². The van der Waals surface area contributed by atoms with E-state index in [1.54, 1.807) is 24.4 Å². The number of carbonyl (C=O) groups is 1. The fourth-order valence-corrected chi connectivity index (χ4v) is 4.45. The average molecular weight is 412 g/mol. The van der Waals surface area contributed by atoms with Crippen molar-refractivity contribution in [2.45, 2.75) is 38.3 Å². The average Bonchev–Trinajstić information content (AvgIpc) is 3.47. The molecule has 0 bridgehead atoms. The van der Waals surface area contributed by atoms with E-state index in [1.807, 2.05) is 30.6 Å². The second-order valence-electron chi connectivity index (χ2n) is 8.07. The van der Waals surface area contributed by atoms with Crippen LogP contribution in [0.25, 0.3) is 10.9 Å². The van der Waals surface area contributed by atoms with E-state index < -0.39 is 5.97 Å². The molecule has 2 aromatic carbocycles. The topological polar surface area (TPSA) is 71.2 Å². The highest BCUT2D eigenvalue weighted by molar-refractivity contribution is 5.90. The molecule has 0 spiro atoms. The van der Waals surface area contributed by atoms with Crippen molar-refractivity contribution in [1.29, 1.82) is 0 Å². The van der Waals surface area contributed by atoms with E-state index in [0.717, 1.165) is 27.8 Å². The number of fused-ring (bicyclic) bond motifs is 1. The van der Waals surface area contributed by atoms with Crippen LogP contribution in [-0.4, -0.2) is 25.8 Å². The zero-order valence-electron chi connectivity index (χ0n) is 17.2. The Morgan fingerprint density at radius 2 is 1.87 bits per heavy atom. The number of benzene rings is 2. The summed E-state index contributed by atoms with van der Waals surface area (Å²) < 4.78 is 2.17. The van der Waals surface area contributed by atoms with E-state index in [0.29, 0.717) is 12.6 Å². The van der Waals surface area contributed by atoms with Crippen LogP contribution >= 0.6 is 0 Å². The summed E-state index contributed by atoms with van der Waals surface area (Å²) >= 11 is 0. The van der Waals surface area contributed by atoms with Gasteiger partial charge < -0.3 is 10.0 Å². The number of anilines is 2. The van der Waals surface area contributed by atoms with Gasteiger partial charge in [-0.25, -0.2) is 4.79 Å². The summed E-state index contributed by atoms with van der Waals surface area (Å²) in [5, 5.41) is 15.3. The minimum Gasteiger partial charge on any atom is -0.478 e. The molecule has 0 aliphatic heterocycles. The molecular formula is C25H24N4O2. The summed E-state index contributed by atoms with van der Waals surface area (Å²) in [4.78, 5) is 17.9. The van der Waals surface area contributed by atoms with Gasteiger partial charge in [0, 0.05) is 35.7 Å². The molecule has 0 atom stereocenters. The van der Waals surface area contributed by atoms with Crippen LogP contribution in [0.1, 0.15) is 47.6 Å². The van der Waals surface area contributed by atoms with Crippen LogP contribution < -0.4 is 4.90 Å². The van der Waals surface area contributed by atoms with Gasteiger partial charge in [-0.15, -0.1) is 0 Å². The Bertz CT molecular complexity index is 1210. The second kappa shape index (κ2) is 8.22. The molecule has 1 aliphatic carbocycles. The van der Waals surface area contributed by atoms with Crippen LogP contribution in [0.4, 0.5) is 11.4 Å². The van der Waals surface area contributed by atoms with Crippen molar-refractivity contribution in [2.24, 2.45) is 0 Å². The van der Waals surface area contributed by atoms with E-state index in [2.05, 4.69) is 37.9 Å². The van der Waals surface area contributed by atoms with Crippen molar-refractivity contribution in [3.8, 4) is 0 Å². The van der Waals surface area contributed by atoms with Crippen LogP contribution in [0.3, 0.4) is 0 Å². The monoisotopic (exact) mass is 412 g/mol. The summed E-state index contributed by atoms with van der Waals surface area (Å²) in [5.41, 5.74) is 4.27. The van der Waals surface area contributed by atoms with Gasteiger partial charge in [0.2, 0.25) is 0 Å². The molecule has 1 saturated carbocycles. The number of hydrogen-bond donors (Lipinski definition) is 1. The SMILES string of the molecule is O=C(O)c1cccc(N(Cc2cccnc2)c2ccc3cnn(C4CCCC4)c3c2)c1. The van der Waals surface area contributed by atoms with Gasteiger partial charge in [0.25, 0.3) is 0 Å². The third-order valence-corrected chi connectivity index (χ3v) is 6.03. The fourth-order valence-electron chi connectivity index (χ4n) is 4.45. The van der Waals surface area contributed by atoms with Crippen molar-refractivity contribution in [1.82, 2.24) is 14.8 Å². The lowest BCUT2D eigenvalue weighted by Gasteiger charge is -2.26. The molecule has 0 unspecified atom stereocenters. The standard InChI is InChI=1S/C25H24N4O2/c30-25(31)19-6-3-9-22(13-19)28(17-18-5-4-12-26-15-18)23-11-10-20-16-27-29(24(20)14-23)21-7-1-2-8-21/h3-6,9-16,21H,1-2,7-8,17H2,(H,30,31). The lowest BCUT2D eigenvalue weighted by molar-refractivity contribution is 0.0697. The molecule has 31 heavy (non-hydrogen) atoms. The van der Waals surface area contributed by atoms with Crippen molar-refractivity contribution < 1.29 is 9.90 Å². The summed E-state index contributed by atoms with van der Waals surface area (Å²) in [6.07, 6.45) is 10.4. The Labute approximate surface area is 180 Å². The zero-order chi connectivity index (χ0) is 21.2. The van der Waals surface area contributed by atoms with Gasteiger partial charge in [-0.3, -0.25) is 9.67 Å². The number of rotatable bonds is 6. The lowest BCUT2D eigenvalue weighted by atomic mass is 10.1. The highest BCUT2D eigenvalue weighted by atomic mass is 16.4. The Balaban J connectivity index is 1.60. The Hall–Kier alpha value is -3.67. The van der Waals surface area contributed by atoms with Crippen molar-refractivity contribution in [3.05, 3.63) is 84.3 Å². The van der Waals surface area contributed by atoms with Crippen LogP contribution in [-0.2, 0) is 6.54 Å². The van der Waals surface area contributed by atoms with E-state index in [1.165, 1.54) is 25.7 Å². The first-order valence-corrected chi connectivity index (χ1v) is 10.7. The van der Waals surface area contributed by atoms with Gasteiger partial charge >= 0.3 is 5.97 Å². The van der Waals surface area contributed by atoms with Gasteiger partial charge in [-0.2, -0.15) is 5.10 Å². The normalized spacial score (nSPS) is 14.2. The molecule has 2 heterocycles. The number of nitrogens with zero attached hydrogens (tertiary/aromatic N) is 4. The van der Waals surface area contributed by atoms with E-state index in [9.17, 15) is 9.90 Å². The molecule has 1 aliphatic rings. The Morgan fingerprint density at radius 3 is 2.65 bits per heavy atom. The van der Waals surface area contributed by atoms with E-state index in [4.69, 9.17) is 0 Å². The highest BCUT2D eigenvalue weighted by Gasteiger charge is 2.20. The van der Waals surface area contributed by atoms with E-state index in [-0.39, 0.29) is 5.56 Å². The molecule has 1 N–H and O–H groups in total. The predicted molar refractivity (Wildman–Crippen MR) is 121 cm³/mol. The summed E-state index contributed by atoms with van der Waals surface area (Å²) in [5.74, 6) is -0.932. The summed E-state index contributed by atoms with van der Waals surface area (Å²) in [6.45, 7) is 0.583. The number of carboxylic acid groups (broad SMARTS) is 1. The molecule has 1 fully saturated rings. The molecule has 6 nitrogen and oxygen atoms in total. The van der Waals surface area contributed by atoms with Gasteiger partial charge in [0.05, 0.1) is 23.3 Å². The largest absolute Gasteiger partial charge is 0.478 e. The van der Waals surface area contributed by atoms with Crippen molar-refractivity contribution in [2.75, 3.05) is 4.90 Å². The first-order valence-electron chi connectivity index (χ1n) is 10.7. The number of aromatic nitrogens is 3. The molecule has 156 valence electrons. The second-order valence-corrected chi connectivity index (χ2v) is 8.07. The Morgan fingerprint density at radius 1 is 1.03 bits per heavy atom. The molecule has 6 heteroatoms. The maximum Gasteiger partial charge on any atom is 0.335 e. The van der Waals surface area contributed by atoms with Crippen molar-refractivity contribution in [3.63, 3.8) is 0 Å². The quantitative estimate of drug-likeness (QED) is 0.447. The minimum atomic E-state index is -0.932. The molecule has 0 radical (unpaired) electrons. The van der Waals surface area contributed by atoms with Gasteiger partial charge in [-0.05, 0) is 60.9 Å². The van der Waals surface area contributed by atoms with Crippen LogP contribution in [0.2, 0.25) is 0 Å². The van der Waals surface area contributed by atoms with Crippen LogP contribution in [0.15, 0.2) is 73.2 Å². The number of pyridine rings is 1. The highest BCUT2D eigenvalue weighted by Crippen LogP contribution is 2.35. The number of aromatic carboxylic acids is 1. The molecule has 0 amide bonds. The molecule has 4 aromatic rings. The minimum absolute atomic E-state index is 0.269. The number of hydrogen-bond acceptors (Lipinski definition) is 4. The first kappa shape index (κ1) is 19.3. The molecule has 5 rings (SSSR count). The summed E-state index contributed by atoms with van der Waals surface area (Å²) in [7, 11) is 0. The Kier molecular flexibility index (Phi) is 5.12. The summed E-state index contributed by atoms with van der Waals surface area (Å²) in [6, 6.07) is 17.8. The smallest absolute Gasteiger partial charge is 0.335 e. The van der Waals surface area contributed by atoms with Crippen LogP contribution in [0, 0.1) is 0 Å². The van der Waals surface area contributed by atoms with Crippen molar-refractivity contribution >= 4 is 28.2 Å². The molecule has 2 aromatic heterocycles. The van der Waals surface area contributed by atoms with Gasteiger partial charge in [-0.1, -0.05) is 25.0 Å². The number of carboxylic acids is 1. The molecular weight excluding hydrogens is 388 g/mol. The molecule has 0 saturated heterocycles. The third-order valence-electron chi connectivity index (χ3n) is 6.03. The maximum atomic E-state index is 11.6. The fraction of sp³-hybridized carbons (Fsp3) is 0.240. The van der Waals surface area contributed by atoms with Gasteiger partial charge in [0.15, 0.2) is 0 Å². The zero-order valence-corrected chi connectivity index (χ0v) is 17.2.